The second kappa shape index (κ2) is 11.0. The molecule has 4 aliphatic carbocycles. The Morgan fingerprint density at radius 2 is 1.75 bits per heavy atom. The molecule has 8 atom stereocenters. The van der Waals surface area contributed by atoms with Crippen LogP contribution >= 0.6 is 7.82 Å². The molecule has 0 heterocycles. The lowest BCUT2D eigenvalue weighted by Gasteiger charge is -2.58. The zero-order valence-corrected chi connectivity index (χ0v) is 24.4. The van der Waals surface area contributed by atoms with Crippen LogP contribution < -0.4 is 0 Å². The molecule has 3 saturated carbocycles. The van der Waals surface area contributed by atoms with Gasteiger partial charge in [0.05, 0.1) is 18.6 Å². The monoisotopic (exact) mass is 518 g/mol. The van der Waals surface area contributed by atoms with Crippen molar-refractivity contribution in [2.24, 2.45) is 46.3 Å². The van der Waals surface area contributed by atoms with Crippen LogP contribution in [0.15, 0.2) is 37.3 Å². The van der Waals surface area contributed by atoms with Crippen LogP contribution in [0.25, 0.3) is 0 Å². The van der Waals surface area contributed by atoms with Gasteiger partial charge in [-0.05, 0) is 97.7 Å². The van der Waals surface area contributed by atoms with E-state index in [1.165, 1.54) is 56.9 Å². The molecule has 4 aliphatic rings. The molecule has 4 rings (SSSR count). The Hall–Kier alpha value is -0.990. The van der Waals surface area contributed by atoms with Crippen LogP contribution in [-0.4, -0.2) is 6.10 Å². The fraction of sp³-hybridized carbons (Fsp3) is 0.806. The number of rotatable bonds is 11. The first-order valence-electron chi connectivity index (χ1n) is 14.6. The number of phosphoric ester groups is 1. The molecule has 0 unspecified atom stereocenters. The van der Waals surface area contributed by atoms with E-state index in [-0.39, 0.29) is 11.5 Å². The predicted molar refractivity (Wildman–Crippen MR) is 148 cm³/mol. The van der Waals surface area contributed by atoms with Crippen molar-refractivity contribution >= 4 is 7.82 Å². The quantitative estimate of drug-likeness (QED) is 0.155. The highest BCUT2D eigenvalue weighted by atomic mass is 31.2. The van der Waals surface area contributed by atoms with Crippen LogP contribution in [0.4, 0.5) is 0 Å². The van der Waals surface area contributed by atoms with Crippen molar-refractivity contribution in [2.75, 3.05) is 0 Å². The number of allylic oxidation sites excluding steroid dienone is 1. The fourth-order valence-corrected chi connectivity index (χ4v) is 10.2. The molecule has 3 fully saturated rings. The van der Waals surface area contributed by atoms with Crippen molar-refractivity contribution < 1.29 is 18.1 Å². The topological polar surface area (TPSA) is 44.8 Å². The summed E-state index contributed by atoms with van der Waals surface area (Å²) in [5.41, 5.74) is 2.24. The van der Waals surface area contributed by atoms with Crippen molar-refractivity contribution in [2.45, 2.75) is 111 Å². The van der Waals surface area contributed by atoms with E-state index in [1.54, 1.807) is 0 Å². The van der Waals surface area contributed by atoms with Gasteiger partial charge in [-0.2, -0.15) is 0 Å². The number of hydrogen-bond acceptors (Lipinski definition) is 4. The average Bonchev–Trinajstić information content (AvgIpc) is 3.16. The Labute approximate surface area is 220 Å². The predicted octanol–water partition coefficient (Wildman–Crippen LogP) is 9.84. The van der Waals surface area contributed by atoms with Crippen LogP contribution in [-0.2, 0) is 18.1 Å². The van der Waals surface area contributed by atoms with Crippen molar-refractivity contribution in [3.63, 3.8) is 0 Å². The minimum Gasteiger partial charge on any atom is -0.404 e. The fourth-order valence-electron chi connectivity index (χ4n) is 9.18. The van der Waals surface area contributed by atoms with Crippen LogP contribution in [0.3, 0.4) is 0 Å². The molecule has 0 radical (unpaired) electrons. The van der Waals surface area contributed by atoms with Gasteiger partial charge in [0.25, 0.3) is 0 Å². The van der Waals surface area contributed by atoms with E-state index in [1.807, 2.05) is 0 Å². The molecular weight excluding hydrogens is 467 g/mol. The Bertz CT molecular complexity index is 866. The van der Waals surface area contributed by atoms with E-state index in [9.17, 15) is 4.57 Å². The highest BCUT2D eigenvalue weighted by Crippen LogP contribution is 2.68. The molecule has 0 saturated heterocycles. The molecule has 0 N–H and O–H groups in total. The van der Waals surface area contributed by atoms with E-state index >= 15 is 0 Å². The van der Waals surface area contributed by atoms with Gasteiger partial charge in [-0.3, -0.25) is 4.52 Å². The minimum absolute atomic E-state index is 0.164. The third-order valence-corrected chi connectivity index (χ3v) is 12.3. The zero-order chi connectivity index (χ0) is 26.1. The summed E-state index contributed by atoms with van der Waals surface area (Å²) < 4.78 is 29.0. The molecule has 0 spiro atoms. The first kappa shape index (κ1) is 28.0. The van der Waals surface area contributed by atoms with Crippen molar-refractivity contribution in [1.82, 2.24) is 0 Å². The standard InChI is InChI=1S/C31H51O4P/c1-8-33-36(32,34-9-2)35-25-17-19-30(6)24(21-25)13-14-26-28-16-15-27(23(5)12-10-11-22(3)4)31(28,7)20-18-29(26)30/h8-9,13,22-23,25-29H,1-2,10-12,14-21H2,3-7H3/t23-,25+,26+,27-,28+,29+,30+,31-/m1/s1. The third kappa shape index (κ3) is 5.28. The number of hydrogen-bond donors (Lipinski definition) is 0. The van der Waals surface area contributed by atoms with Gasteiger partial charge in [0.15, 0.2) is 0 Å². The molecule has 5 heteroatoms. The summed E-state index contributed by atoms with van der Waals surface area (Å²) >= 11 is 0. The lowest BCUT2D eigenvalue weighted by Crippen LogP contribution is -2.51. The SMILES string of the molecule is C=COP(=O)(OC=C)O[C@H]1CC[C@@]2(C)C(=CC[C@H]3[C@@H]4CC[C@H]([C@H](C)CCCC(C)C)[C@@]4(C)CC[C@@H]32)C1. The van der Waals surface area contributed by atoms with Gasteiger partial charge < -0.3 is 9.05 Å². The Balaban J connectivity index is 1.45. The highest BCUT2D eigenvalue weighted by Gasteiger charge is 2.59. The van der Waals surface area contributed by atoms with Gasteiger partial charge in [0, 0.05) is 0 Å². The largest absolute Gasteiger partial charge is 0.586 e. The summed E-state index contributed by atoms with van der Waals surface area (Å²) in [5, 5.41) is 0. The second-order valence-corrected chi connectivity index (χ2v) is 14.8. The molecular formula is C31H51O4P. The highest BCUT2D eigenvalue weighted by molar-refractivity contribution is 7.48. The molecule has 36 heavy (non-hydrogen) atoms. The van der Waals surface area contributed by atoms with Crippen molar-refractivity contribution in [1.29, 1.82) is 0 Å². The summed E-state index contributed by atoms with van der Waals surface area (Å²) in [7, 11) is -3.70. The maximum absolute atomic E-state index is 12.9. The molecule has 4 nitrogen and oxygen atoms in total. The lowest BCUT2D eigenvalue weighted by atomic mass is 9.47. The second-order valence-electron chi connectivity index (χ2n) is 13.3. The van der Waals surface area contributed by atoms with E-state index in [0.717, 1.165) is 67.3 Å². The van der Waals surface area contributed by atoms with Gasteiger partial charge >= 0.3 is 7.82 Å². The summed E-state index contributed by atoms with van der Waals surface area (Å²) in [6.45, 7) is 19.5. The molecule has 0 aromatic rings. The van der Waals surface area contributed by atoms with E-state index in [0.29, 0.717) is 5.41 Å². The molecule has 0 amide bonds. The maximum atomic E-state index is 12.9. The summed E-state index contributed by atoms with van der Waals surface area (Å²) in [6.07, 6.45) is 18.3. The molecule has 0 bridgehead atoms. The smallest absolute Gasteiger partial charge is 0.404 e. The summed E-state index contributed by atoms with van der Waals surface area (Å²) in [4.78, 5) is 0. The van der Waals surface area contributed by atoms with Gasteiger partial charge in [-0.15, -0.1) is 0 Å². The van der Waals surface area contributed by atoms with Crippen LogP contribution in [0.1, 0.15) is 105 Å². The first-order valence-corrected chi connectivity index (χ1v) is 16.1. The number of phosphoric acid groups is 1. The van der Waals surface area contributed by atoms with Crippen molar-refractivity contribution in [3.8, 4) is 0 Å². The Morgan fingerprint density at radius 3 is 2.42 bits per heavy atom. The van der Waals surface area contributed by atoms with Crippen molar-refractivity contribution in [3.05, 3.63) is 37.3 Å². The molecule has 204 valence electrons. The van der Waals surface area contributed by atoms with E-state index in [4.69, 9.17) is 13.6 Å². The van der Waals surface area contributed by atoms with Crippen LogP contribution in [0.5, 0.6) is 0 Å². The van der Waals surface area contributed by atoms with Gasteiger partial charge in [0.1, 0.15) is 0 Å². The average molecular weight is 519 g/mol. The Kier molecular flexibility index (Phi) is 8.57. The van der Waals surface area contributed by atoms with Crippen LogP contribution in [0, 0.1) is 46.3 Å². The van der Waals surface area contributed by atoms with Crippen LogP contribution in [0.2, 0.25) is 0 Å². The van der Waals surface area contributed by atoms with Gasteiger partial charge in [-0.25, -0.2) is 4.57 Å². The molecule has 0 aromatic carbocycles. The van der Waals surface area contributed by atoms with E-state index < -0.39 is 7.82 Å². The zero-order valence-electron chi connectivity index (χ0n) is 23.5. The maximum Gasteiger partial charge on any atom is 0.586 e. The summed E-state index contributed by atoms with van der Waals surface area (Å²) in [6, 6.07) is 0. The summed E-state index contributed by atoms with van der Waals surface area (Å²) in [5.74, 6) is 4.98. The lowest BCUT2D eigenvalue weighted by molar-refractivity contribution is -0.0571. The van der Waals surface area contributed by atoms with E-state index in [2.05, 4.69) is 53.9 Å². The first-order chi connectivity index (χ1) is 17.1. The van der Waals surface area contributed by atoms with Gasteiger partial charge in [0.2, 0.25) is 0 Å². The minimum atomic E-state index is -3.70. The Morgan fingerprint density at radius 1 is 1.03 bits per heavy atom. The number of fused-ring (bicyclic) bond motifs is 5. The third-order valence-electron chi connectivity index (χ3n) is 10.9. The molecule has 0 aromatic heterocycles. The normalized spacial score (nSPS) is 38.8. The van der Waals surface area contributed by atoms with Gasteiger partial charge in [-0.1, -0.05) is 78.7 Å². The molecule has 0 aliphatic heterocycles.